The Kier molecular flexibility index (Phi) is 6.74. The van der Waals surface area contributed by atoms with E-state index in [-0.39, 0.29) is 17.7 Å². The number of benzene rings is 1. The summed E-state index contributed by atoms with van der Waals surface area (Å²) in [4.78, 5) is 32.6. The van der Waals surface area contributed by atoms with Crippen molar-refractivity contribution in [1.29, 1.82) is 0 Å². The van der Waals surface area contributed by atoms with E-state index in [1.807, 2.05) is 39.0 Å². The molecule has 2 rings (SSSR count). The molecule has 0 atom stereocenters. The van der Waals surface area contributed by atoms with Crippen LogP contribution in [0.25, 0.3) is 11.3 Å². The van der Waals surface area contributed by atoms with E-state index in [2.05, 4.69) is 9.97 Å². The van der Waals surface area contributed by atoms with Gasteiger partial charge in [-0.2, -0.15) is 4.98 Å². The Hall–Kier alpha value is -2.67. The lowest BCUT2D eigenvalue weighted by atomic mass is 9.97. The number of aromatic nitrogens is 2. The Labute approximate surface area is 163 Å². The lowest BCUT2D eigenvalue weighted by Crippen LogP contribution is -2.38. The molecule has 0 unspecified atom stereocenters. The van der Waals surface area contributed by atoms with Crippen LogP contribution in [0.3, 0.4) is 0 Å². The molecule has 0 aliphatic carbocycles. The number of hydrogen-bond acceptors (Lipinski definition) is 5. The number of imide groups is 1. The number of carbonyl (C=O) groups excluding carboxylic acids is 1. The van der Waals surface area contributed by atoms with Gasteiger partial charge in [-0.3, -0.25) is 0 Å². The SMILES string of the molecule is CCCCOC(=O)N(C(=O)O)c1nc(Cl)c(C)c(-c2c(C)cccc2C)n1. The zero-order valence-corrected chi connectivity index (χ0v) is 16.5. The van der Waals surface area contributed by atoms with Gasteiger partial charge in [0.05, 0.1) is 12.3 Å². The highest BCUT2D eigenvalue weighted by Gasteiger charge is 2.29. The number of rotatable bonds is 5. The van der Waals surface area contributed by atoms with Gasteiger partial charge >= 0.3 is 12.2 Å². The molecule has 1 aromatic heterocycles. The normalized spacial score (nSPS) is 10.6. The fourth-order valence-corrected chi connectivity index (χ4v) is 2.79. The van der Waals surface area contributed by atoms with Crippen molar-refractivity contribution in [3.63, 3.8) is 0 Å². The summed E-state index contributed by atoms with van der Waals surface area (Å²) >= 11 is 6.23. The molecule has 1 heterocycles. The molecule has 1 N–H and O–H groups in total. The van der Waals surface area contributed by atoms with Gasteiger partial charge < -0.3 is 9.84 Å². The summed E-state index contributed by atoms with van der Waals surface area (Å²) in [6.45, 7) is 7.64. The third-order valence-electron chi connectivity index (χ3n) is 4.09. The number of aryl methyl sites for hydroxylation is 2. The maximum Gasteiger partial charge on any atom is 0.426 e. The van der Waals surface area contributed by atoms with Gasteiger partial charge in [0.15, 0.2) is 0 Å². The smallest absolute Gasteiger partial charge is 0.426 e. The highest BCUT2D eigenvalue weighted by atomic mass is 35.5. The van der Waals surface area contributed by atoms with Gasteiger partial charge in [-0.05, 0) is 38.3 Å². The number of ether oxygens (including phenoxy) is 1. The third-order valence-corrected chi connectivity index (χ3v) is 4.46. The predicted molar refractivity (Wildman–Crippen MR) is 103 cm³/mol. The van der Waals surface area contributed by atoms with Crippen LogP contribution < -0.4 is 4.90 Å². The Morgan fingerprint density at radius 3 is 2.37 bits per heavy atom. The molecule has 1 aromatic carbocycles. The molecule has 0 aliphatic rings. The van der Waals surface area contributed by atoms with E-state index in [4.69, 9.17) is 16.3 Å². The molecule has 27 heavy (non-hydrogen) atoms. The molecule has 0 saturated carbocycles. The first-order chi connectivity index (χ1) is 12.8. The second kappa shape index (κ2) is 8.81. The molecule has 2 aromatic rings. The zero-order valence-electron chi connectivity index (χ0n) is 15.7. The van der Waals surface area contributed by atoms with Crippen molar-refractivity contribution >= 4 is 29.7 Å². The zero-order chi connectivity index (χ0) is 20.1. The maximum absolute atomic E-state index is 12.2. The number of hydrogen-bond donors (Lipinski definition) is 1. The van der Waals surface area contributed by atoms with Gasteiger partial charge in [0.2, 0.25) is 5.95 Å². The largest absolute Gasteiger partial charge is 0.464 e. The number of carbonyl (C=O) groups is 2. The number of anilines is 1. The Morgan fingerprint density at radius 1 is 1.19 bits per heavy atom. The van der Waals surface area contributed by atoms with Crippen LogP contribution in [-0.2, 0) is 4.74 Å². The van der Waals surface area contributed by atoms with Crippen LogP contribution in [0.4, 0.5) is 15.5 Å². The number of amides is 2. The van der Waals surface area contributed by atoms with Gasteiger partial charge in [0.25, 0.3) is 0 Å². The molecule has 144 valence electrons. The number of halogens is 1. The van der Waals surface area contributed by atoms with Crippen molar-refractivity contribution in [2.24, 2.45) is 0 Å². The Balaban J connectivity index is 2.55. The Morgan fingerprint density at radius 2 is 1.81 bits per heavy atom. The van der Waals surface area contributed by atoms with E-state index in [0.29, 0.717) is 22.6 Å². The summed E-state index contributed by atoms with van der Waals surface area (Å²) in [5.41, 5.74) is 3.80. The summed E-state index contributed by atoms with van der Waals surface area (Å²) in [6, 6.07) is 5.76. The standard InChI is InChI=1S/C19H22ClN3O4/c1-5-6-10-27-19(26)23(18(24)25)17-21-15(13(4)16(20)22-17)14-11(2)8-7-9-12(14)3/h7-9H,5-6,10H2,1-4H3,(H,24,25). The summed E-state index contributed by atoms with van der Waals surface area (Å²) in [7, 11) is 0. The Bertz CT molecular complexity index is 850. The molecule has 8 heteroatoms. The number of carboxylic acid groups (broad SMARTS) is 1. The van der Waals surface area contributed by atoms with E-state index >= 15 is 0 Å². The topological polar surface area (TPSA) is 92.6 Å². The first-order valence-corrected chi connectivity index (χ1v) is 8.96. The van der Waals surface area contributed by atoms with Crippen molar-refractivity contribution < 1.29 is 19.4 Å². The summed E-state index contributed by atoms with van der Waals surface area (Å²) in [6.07, 6.45) is -1.15. The fraction of sp³-hybridized carbons (Fsp3) is 0.368. The lowest BCUT2D eigenvalue weighted by Gasteiger charge is -2.18. The summed E-state index contributed by atoms with van der Waals surface area (Å²) < 4.78 is 5.01. The average molecular weight is 392 g/mol. The molecule has 2 amide bonds. The maximum atomic E-state index is 12.2. The van der Waals surface area contributed by atoms with Crippen LogP contribution in [0.1, 0.15) is 36.5 Å². The quantitative estimate of drug-likeness (QED) is 0.560. The predicted octanol–water partition coefficient (Wildman–Crippen LogP) is 5.14. The van der Waals surface area contributed by atoms with Crippen LogP contribution in [0, 0.1) is 20.8 Å². The van der Waals surface area contributed by atoms with Crippen LogP contribution in [0.2, 0.25) is 5.15 Å². The number of unbranched alkanes of at least 4 members (excludes halogenated alkanes) is 1. The summed E-state index contributed by atoms with van der Waals surface area (Å²) in [5, 5.41) is 9.56. The van der Waals surface area contributed by atoms with Crippen LogP contribution >= 0.6 is 11.6 Å². The van der Waals surface area contributed by atoms with Crippen molar-refractivity contribution in [3.05, 3.63) is 40.0 Å². The molecule has 0 bridgehead atoms. The average Bonchev–Trinajstić information content (AvgIpc) is 2.58. The first-order valence-electron chi connectivity index (χ1n) is 8.58. The minimum absolute atomic E-state index is 0.0743. The molecule has 0 aliphatic heterocycles. The van der Waals surface area contributed by atoms with Crippen molar-refractivity contribution in [2.45, 2.75) is 40.5 Å². The molecule has 0 fully saturated rings. The van der Waals surface area contributed by atoms with Gasteiger partial charge in [-0.25, -0.2) is 14.6 Å². The van der Waals surface area contributed by atoms with Crippen LogP contribution in [-0.4, -0.2) is 33.9 Å². The molecule has 7 nitrogen and oxygen atoms in total. The van der Waals surface area contributed by atoms with E-state index in [1.54, 1.807) is 6.92 Å². The fourth-order valence-electron chi connectivity index (χ4n) is 2.62. The highest BCUT2D eigenvalue weighted by Crippen LogP contribution is 2.32. The highest BCUT2D eigenvalue weighted by molar-refractivity contribution is 6.30. The van der Waals surface area contributed by atoms with Crippen LogP contribution in [0.5, 0.6) is 0 Å². The lowest BCUT2D eigenvalue weighted by molar-refractivity contribution is 0.147. The van der Waals surface area contributed by atoms with Gasteiger partial charge in [0, 0.05) is 11.1 Å². The molecular formula is C19H22ClN3O4. The van der Waals surface area contributed by atoms with Crippen molar-refractivity contribution in [3.8, 4) is 11.3 Å². The second-order valence-corrected chi connectivity index (χ2v) is 6.50. The van der Waals surface area contributed by atoms with Gasteiger partial charge in [-0.15, -0.1) is 4.90 Å². The second-order valence-electron chi connectivity index (χ2n) is 6.14. The number of nitrogens with zero attached hydrogens (tertiary/aromatic N) is 3. The monoisotopic (exact) mass is 391 g/mol. The third kappa shape index (κ3) is 4.54. The van der Waals surface area contributed by atoms with E-state index in [1.165, 1.54) is 0 Å². The van der Waals surface area contributed by atoms with Crippen LogP contribution in [0.15, 0.2) is 18.2 Å². The molecule has 0 spiro atoms. The van der Waals surface area contributed by atoms with E-state index in [0.717, 1.165) is 23.1 Å². The molecule has 0 saturated heterocycles. The molecule has 0 radical (unpaired) electrons. The minimum atomic E-state index is -1.54. The van der Waals surface area contributed by atoms with E-state index in [9.17, 15) is 14.7 Å². The minimum Gasteiger partial charge on any atom is -0.464 e. The van der Waals surface area contributed by atoms with Crippen molar-refractivity contribution in [2.75, 3.05) is 11.5 Å². The van der Waals surface area contributed by atoms with Crippen molar-refractivity contribution in [1.82, 2.24) is 9.97 Å². The van der Waals surface area contributed by atoms with E-state index < -0.39 is 12.2 Å². The summed E-state index contributed by atoms with van der Waals surface area (Å²) in [5.74, 6) is -0.336. The molecular weight excluding hydrogens is 370 g/mol. The van der Waals surface area contributed by atoms with Gasteiger partial charge in [-0.1, -0.05) is 43.1 Å². The van der Waals surface area contributed by atoms with Gasteiger partial charge in [0.1, 0.15) is 5.15 Å². The first kappa shape index (κ1) is 20.6.